The number of hydrogen-bond donors (Lipinski definition) is 0. The summed E-state index contributed by atoms with van der Waals surface area (Å²) < 4.78 is 4.86. The van der Waals surface area contributed by atoms with Crippen LogP contribution in [0.5, 0.6) is 0 Å². The van der Waals surface area contributed by atoms with E-state index in [2.05, 4.69) is 6.92 Å². The molecule has 2 amide bonds. The van der Waals surface area contributed by atoms with Crippen LogP contribution in [0.25, 0.3) is 0 Å². The zero-order valence-corrected chi connectivity index (χ0v) is 10.4. The number of likely N-dealkylation sites (tertiary alicyclic amines) is 1. The lowest BCUT2D eigenvalue weighted by molar-refractivity contribution is -0.125. The molecule has 1 aromatic rings. The van der Waals surface area contributed by atoms with Gasteiger partial charge in [-0.2, -0.15) is 0 Å². The fourth-order valence-corrected chi connectivity index (χ4v) is 2.37. The van der Waals surface area contributed by atoms with Gasteiger partial charge in [-0.05, 0) is 30.0 Å². The Kier molecular flexibility index (Phi) is 3.52. The van der Waals surface area contributed by atoms with Crippen molar-refractivity contribution in [1.29, 1.82) is 0 Å². The zero-order valence-electron chi connectivity index (χ0n) is 9.61. The molecule has 1 aliphatic rings. The summed E-state index contributed by atoms with van der Waals surface area (Å²) in [6.07, 6.45) is 3.79. The minimum atomic E-state index is -0.354. The molecule has 92 valence electrons. The highest BCUT2D eigenvalue weighted by Crippen LogP contribution is 2.26. The molecule has 1 fully saturated rings. The van der Waals surface area contributed by atoms with Crippen LogP contribution in [0.3, 0.4) is 0 Å². The molecule has 4 nitrogen and oxygen atoms in total. The molecule has 0 N–H and O–H groups in total. The summed E-state index contributed by atoms with van der Waals surface area (Å²) in [5, 5.41) is 0.0433. The van der Waals surface area contributed by atoms with E-state index >= 15 is 0 Å². The van der Waals surface area contributed by atoms with Crippen molar-refractivity contribution in [2.75, 3.05) is 6.54 Å². The highest BCUT2D eigenvalue weighted by Gasteiger charge is 2.34. The third-order valence-electron chi connectivity index (χ3n) is 3.00. The van der Waals surface area contributed by atoms with Crippen LogP contribution >= 0.6 is 11.6 Å². The van der Waals surface area contributed by atoms with Crippen molar-refractivity contribution in [3.8, 4) is 0 Å². The van der Waals surface area contributed by atoms with Gasteiger partial charge in [0.25, 0.3) is 5.91 Å². The largest absolute Gasteiger partial charge is 0.452 e. The summed E-state index contributed by atoms with van der Waals surface area (Å²) in [6.45, 7) is 2.56. The first-order chi connectivity index (χ1) is 8.13. The number of halogens is 1. The molecular weight excluding hydrogens is 242 g/mol. The van der Waals surface area contributed by atoms with E-state index in [1.807, 2.05) is 0 Å². The lowest BCUT2D eigenvalue weighted by atomic mass is 10.0. The van der Waals surface area contributed by atoms with Gasteiger partial charge in [-0.15, -0.1) is 0 Å². The Morgan fingerprint density at radius 2 is 2.41 bits per heavy atom. The van der Waals surface area contributed by atoms with Gasteiger partial charge < -0.3 is 4.42 Å². The number of furan rings is 1. The van der Waals surface area contributed by atoms with Gasteiger partial charge in [0.15, 0.2) is 0 Å². The van der Waals surface area contributed by atoms with Crippen molar-refractivity contribution in [1.82, 2.24) is 4.90 Å². The number of amides is 2. The first-order valence-electron chi connectivity index (χ1n) is 5.71. The Morgan fingerprint density at radius 1 is 1.65 bits per heavy atom. The van der Waals surface area contributed by atoms with Crippen molar-refractivity contribution < 1.29 is 14.0 Å². The minimum absolute atomic E-state index is 0.0433. The van der Waals surface area contributed by atoms with Crippen molar-refractivity contribution >= 4 is 23.4 Å². The topological polar surface area (TPSA) is 50.5 Å². The molecule has 0 spiro atoms. The number of hydrogen-bond acceptors (Lipinski definition) is 3. The number of rotatable bonds is 3. The van der Waals surface area contributed by atoms with Gasteiger partial charge in [-0.1, -0.05) is 13.3 Å². The predicted octanol–water partition coefficient (Wildman–Crippen LogP) is 2.72. The summed E-state index contributed by atoms with van der Waals surface area (Å²) >= 11 is 5.73. The molecule has 1 unspecified atom stereocenters. The van der Waals surface area contributed by atoms with Gasteiger partial charge in [-0.3, -0.25) is 14.5 Å². The van der Waals surface area contributed by atoms with E-state index in [4.69, 9.17) is 16.0 Å². The Hall–Kier alpha value is -1.29. The lowest BCUT2D eigenvalue weighted by Crippen LogP contribution is -2.32. The summed E-state index contributed by atoms with van der Waals surface area (Å²) in [5.74, 6) is -0.194. The fourth-order valence-electron chi connectivity index (χ4n) is 2.17. The molecule has 0 saturated carbocycles. The average Bonchev–Trinajstić information content (AvgIpc) is 2.85. The highest BCUT2D eigenvalue weighted by atomic mass is 35.5. The third kappa shape index (κ3) is 2.36. The number of nitrogens with zero attached hydrogens (tertiary/aromatic N) is 1. The Morgan fingerprint density at radius 3 is 3.00 bits per heavy atom. The molecule has 5 heteroatoms. The maximum atomic E-state index is 12.0. The molecule has 0 radical (unpaired) electrons. The molecule has 1 saturated heterocycles. The van der Waals surface area contributed by atoms with Crippen LogP contribution in [0.4, 0.5) is 0 Å². The van der Waals surface area contributed by atoms with Gasteiger partial charge in [0.1, 0.15) is 0 Å². The van der Waals surface area contributed by atoms with Crippen molar-refractivity contribution in [3.05, 3.63) is 23.1 Å². The molecule has 17 heavy (non-hydrogen) atoms. The van der Waals surface area contributed by atoms with Crippen LogP contribution in [0.1, 0.15) is 36.5 Å². The fraction of sp³-hybridized carbons (Fsp3) is 0.500. The van der Waals surface area contributed by atoms with E-state index < -0.39 is 0 Å². The van der Waals surface area contributed by atoms with E-state index in [0.29, 0.717) is 13.0 Å². The third-order valence-corrected chi connectivity index (χ3v) is 3.29. The van der Waals surface area contributed by atoms with E-state index in [1.165, 1.54) is 17.2 Å². The van der Waals surface area contributed by atoms with E-state index in [9.17, 15) is 9.59 Å². The summed E-state index contributed by atoms with van der Waals surface area (Å²) in [5.41, 5.74) is 0.261. The molecule has 1 aromatic heterocycles. The molecular formula is C12H14ClNO3. The smallest absolute Gasteiger partial charge is 0.265 e. The van der Waals surface area contributed by atoms with Gasteiger partial charge in [0.2, 0.25) is 11.1 Å². The zero-order chi connectivity index (χ0) is 12.4. The predicted molar refractivity (Wildman–Crippen MR) is 62.8 cm³/mol. The SMILES string of the molecule is CCCC1CC(=O)N(C(=O)c2ccoc2Cl)C1. The maximum absolute atomic E-state index is 12.0. The second kappa shape index (κ2) is 4.92. The Balaban J connectivity index is 2.11. The average molecular weight is 256 g/mol. The summed E-state index contributed by atoms with van der Waals surface area (Å²) in [7, 11) is 0. The lowest BCUT2D eigenvalue weighted by Gasteiger charge is -2.13. The number of imide groups is 1. The second-order valence-corrected chi connectivity index (χ2v) is 4.62. The molecule has 0 aliphatic carbocycles. The van der Waals surface area contributed by atoms with Gasteiger partial charge in [0, 0.05) is 13.0 Å². The van der Waals surface area contributed by atoms with E-state index in [0.717, 1.165) is 12.8 Å². The standard InChI is InChI=1S/C12H14ClNO3/c1-2-3-8-6-10(15)14(7-8)12(16)9-4-5-17-11(9)13/h4-5,8H,2-3,6-7H2,1H3. The van der Waals surface area contributed by atoms with E-state index in [-0.39, 0.29) is 28.5 Å². The Labute approximate surface area is 105 Å². The number of carbonyl (C=O) groups is 2. The Bertz CT molecular complexity index is 441. The van der Waals surface area contributed by atoms with Crippen LogP contribution in [-0.2, 0) is 4.79 Å². The molecule has 0 aromatic carbocycles. The van der Waals surface area contributed by atoms with Crippen molar-refractivity contribution in [2.24, 2.45) is 5.92 Å². The van der Waals surface area contributed by atoms with Gasteiger partial charge in [0.05, 0.1) is 11.8 Å². The quantitative estimate of drug-likeness (QED) is 0.781. The van der Waals surface area contributed by atoms with Crippen LogP contribution in [0.2, 0.25) is 5.22 Å². The van der Waals surface area contributed by atoms with Crippen molar-refractivity contribution in [2.45, 2.75) is 26.2 Å². The van der Waals surface area contributed by atoms with Crippen LogP contribution in [0.15, 0.2) is 16.7 Å². The number of carbonyl (C=O) groups excluding carboxylic acids is 2. The molecule has 2 rings (SSSR count). The summed E-state index contributed by atoms with van der Waals surface area (Å²) in [4.78, 5) is 25.1. The molecule has 2 heterocycles. The van der Waals surface area contributed by atoms with Crippen LogP contribution < -0.4 is 0 Å². The van der Waals surface area contributed by atoms with Gasteiger partial charge in [-0.25, -0.2) is 0 Å². The summed E-state index contributed by atoms with van der Waals surface area (Å²) in [6, 6.07) is 1.49. The first-order valence-corrected chi connectivity index (χ1v) is 6.09. The van der Waals surface area contributed by atoms with Crippen LogP contribution in [-0.4, -0.2) is 23.3 Å². The first kappa shape index (κ1) is 12.2. The molecule has 1 atom stereocenters. The molecule has 1 aliphatic heterocycles. The normalized spacial score (nSPS) is 20.0. The van der Waals surface area contributed by atoms with Crippen molar-refractivity contribution in [3.63, 3.8) is 0 Å². The monoisotopic (exact) mass is 255 g/mol. The van der Waals surface area contributed by atoms with Crippen LogP contribution in [0, 0.1) is 5.92 Å². The highest BCUT2D eigenvalue weighted by molar-refractivity contribution is 6.32. The maximum Gasteiger partial charge on any atom is 0.265 e. The minimum Gasteiger partial charge on any atom is -0.452 e. The van der Waals surface area contributed by atoms with Gasteiger partial charge >= 0.3 is 0 Å². The van der Waals surface area contributed by atoms with E-state index in [1.54, 1.807) is 0 Å². The molecule has 0 bridgehead atoms. The second-order valence-electron chi connectivity index (χ2n) is 4.28.